The normalized spacial score (nSPS) is 1.60. The van der Waals surface area contributed by atoms with Crippen molar-refractivity contribution in [1.82, 2.24) is 0 Å². The summed E-state index contributed by atoms with van der Waals surface area (Å²) < 4.78 is 17.0. The van der Waals surface area contributed by atoms with Crippen molar-refractivity contribution in [3.8, 4) is 0 Å². The van der Waals surface area contributed by atoms with Crippen molar-refractivity contribution >= 4 is 0 Å². The molecule has 0 fully saturated rings. The third-order valence-corrected chi connectivity index (χ3v) is 0. The van der Waals surface area contributed by atoms with Gasteiger partial charge in [-0.25, -0.2) is 0 Å². The van der Waals surface area contributed by atoms with E-state index in [1.54, 1.807) is 0 Å². The summed E-state index contributed by atoms with van der Waals surface area (Å²) in [5.41, 5.74) is 0. The van der Waals surface area contributed by atoms with Gasteiger partial charge in [-0.3, -0.25) is 0 Å². The van der Waals surface area contributed by atoms with Gasteiger partial charge in [0.05, 0.1) is 0 Å². The summed E-state index contributed by atoms with van der Waals surface area (Å²) in [4.78, 5) is 0. The Labute approximate surface area is 52.3 Å². The molecule has 3 nitrogen and oxygen atoms in total. The topological polar surface area (TPSA) is 65.6 Å². The van der Waals surface area contributed by atoms with Crippen LogP contribution in [0.4, 0.5) is 0 Å². The number of rotatable bonds is 0. The van der Waals surface area contributed by atoms with Crippen molar-refractivity contribution in [1.29, 1.82) is 0 Å². The van der Waals surface area contributed by atoms with Crippen LogP contribution in [0, 0.1) is 0 Å². The first-order chi connectivity index (χ1) is 1.41. The van der Waals surface area contributed by atoms with Crippen LogP contribution in [0.2, 0.25) is 0 Å². The molecule has 5 heteroatoms. The zero-order valence-corrected chi connectivity index (χ0v) is 5.79. The fraction of sp³-hybridized carbons (Fsp3) is 0. The number of hydrogen-bond donors (Lipinski definition) is 0. The summed E-state index contributed by atoms with van der Waals surface area (Å²) in [5.74, 6) is 0. The summed E-state index contributed by atoms with van der Waals surface area (Å²) in [5, 5.41) is 0. The Morgan fingerprint density at radius 3 is 1.20 bits per heavy atom. The zero-order valence-electron chi connectivity index (χ0n) is 2.22. The molecule has 0 aliphatic rings. The van der Waals surface area contributed by atoms with Crippen LogP contribution in [-0.4, -0.2) is 5.48 Å². The molecule has 0 heterocycles. The summed E-state index contributed by atoms with van der Waals surface area (Å²) >= 11 is -2.00. The van der Waals surface area contributed by atoms with Gasteiger partial charge in [0.25, 0.3) is 0 Å². The SMILES string of the molecule is O.[Mo].[O]=[Ti]=[O]. The van der Waals surface area contributed by atoms with Crippen LogP contribution in [0.5, 0.6) is 0 Å². The molecule has 0 saturated carbocycles. The van der Waals surface area contributed by atoms with E-state index < -0.39 is 19.1 Å². The predicted molar refractivity (Wildman–Crippen MR) is 4.99 cm³/mol. The van der Waals surface area contributed by atoms with E-state index >= 15 is 0 Å². The maximum absolute atomic E-state index is 8.50. The van der Waals surface area contributed by atoms with E-state index in [1.807, 2.05) is 0 Å². The van der Waals surface area contributed by atoms with Crippen LogP contribution in [0.25, 0.3) is 0 Å². The zero-order chi connectivity index (χ0) is 2.71. The first-order valence-corrected chi connectivity index (χ1v) is 1.68. The van der Waals surface area contributed by atoms with Gasteiger partial charge in [0, 0.05) is 21.1 Å². The van der Waals surface area contributed by atoms with Crippen molar-refractivity contribution < 1.29 is 52.3 Å². The van der Waals surface area contributed by atoms with Crippen LogP contribution in [-0.2, 0) is 46.8 Å². The van der Waals surface area contributed by atoms with Crippen molar-refractivity contribution in [2.75, 3.05) is 0 Å². The Balaban J connectivity index is -0.0000000200. The third-order valence-electron chi connectivity index (χ3n) is 0. The van der Waals surface area contributed by atoms with E-state index in [1.165, 1.54) is 0 Å². The van der Waals surface area contributed by atoms with Gasteiger partial charge in [0.2, 0.25) is 0 Å². The Kier molecular flexibility index (Phi) is 67.7. The molecule has 0 aromatic rings. The molecule has 0 aromatic heterocycles. The van der Waals surface area contributed by atoms with Crippen LogP contribution >= 0.6 is 0 Å². The molecular formula is H2MoO3Ti. The van der Waals surface area contributed by atoms with Crippen molar-refractivity contribution in [2.45, 2.75) is 0 Å². The van der Waals surface area contributed by atoms with Gasteiger partial charge in [0.15, 0.2) is 0 Å². The summed E-state index contributed by atoms with van der Waals surface area (Å²) in [6.45, 7) is 0. The van der Waals surface area contributed by atoms with Gasteiger partial charge in [-0.2, -0.15) is 0 Å². The van der Waals surface area contributed by atoms with Crippen LogP contribution in [0.15, 0.2) is 0 Å². The van der Waals surface area contributed by atoms with E-state index in [0.29, 0.717) is 0 Å². The molecule has 0 aromatic carbocycles. The minimum absolute atomic E-state index is 0. The number of hydrogen-bond acceptors (Lipinski definition) is 2. The standard InChI is InChI=1S/Mo.H2O.2O.Ti/h;1H2;;;. The molecule has 0 spiro atoms. The summed E-state index contributed by atoms with van der Waals surface area (Å²) in [6.07, 6.45) is 0. The molecule has 0 aliphatic carbocycles. The molecule has 0 aliphatic heterocycles. The average molecular weight is 194 g/mol. The second-order valence-corrected chi connectivity index (χ2v) is 0.344. The quantitative estimate of drug-likeness (QED) is 0.460. The Morgan fingerprint density at radius 2 is 1.20 bits per heavy atom. The predicted octanol–water partition coefficient (Wildman–Crippen LogP) is -1.07. The van der Waals surface area contributed by atoms with E-state index in [2.05, 4.69) is 0 Å². The van der Waals surface area contributed by atoms with E-state index in [-0.39, 0.29) is 26.5 Å². The molecule has 0 radical (unpaired) electrons. The van der Waals surface area contributed by atoms with Crippen molar-refractivity contribution in [3.63, 3.8) is 0 Å². The van der Waals surface area contributed by atoms with Gasteiger partial charge >= 0.3 is 25.7 Å². The fourth-order valence-electron chi connectivity index (χ4n) is 0. The van der Waals surface area contributed by atoms with E-state index in [0.717, 1.165) is 0 Å². The van der Waals surface area contributed by atoms with Gasteiger partial charge in [-0.05, 0) is 0 Å². The van der Waals surface area contributed by atoms with Crippen molar-refractivity contribution in [2.24, 2.45) is 0 Å². The van der Waals surface area contributed by atoms with Crippen molar-refractivity contribution in [3.05, 3.63) is 0 Å². The molecule has 0 saturated heterocycles. The van der Waals surface area contributed by atoms with Crippen LogP contribution in [0.1, 0.15) is 0 Å². The molecule has 0 atom stereocenters. The average Bonchev–Trinajstić information content (AvgIpc) is 0.918. The summed E-state index contributed by atoms with van der Waals surface area (Å²) in [6, 6.07) is 0. The van der Waals surface area contributed by atoms with E-state index in [4.69, 9.17) is 6.65 Å². The molecule has 0 unspecified atom stereocenters. The fourth-order valence-corrected chi connectivity index (χ4v) is 0. The molecule has 5 heavy (non-hydrogen) atoms. The Morgan fingerprint density at radius 1 is 1.20 bits per heavy atom. The maximum atomic E-state index is 8.50. The van der Waals surface area contributed by atoms with Gasteiger partial charge in [0.1, 0.15) is 0 Å². The first kappa shape index (κ1) is 16.7. The Bertz CT molecular complexity index is 27.9. The first-order valence-electron chi connectivity index (χ1n) is 0.408. The second kappa shape index (κ2) is 20.2. The van der Waals surface area contributed by atoms with Crippen LogP contribution < -0.4 is 0 Å². The van der Waals surface area contributed by atoms with Gasteiger partial charge in [-0.15, -0.1) is 0 Å². The molecule has 30 valence electrons. The van der Waals surface area contributed by atoms with Gasteiger partial charge < -0.3 is 5.48 Å². The molecular weight excluding hydrogens is 192 g/mol. The Hall–Kier alpha value is 0.963. The molecule has 0 bridgehead atoms. The monoisotopic (exact) mass is 196 g/mol. The molecule has 0 rings (SSSR count). The molecule has 2 N–H and O–H groups in total. The third kappa shape index (κ3) is 47.0. The minimum atomic E-state index is -2.00. The molecule has 0 amide bonds. The second-order valence-electron chi connectivity index (χ2n) is 0.0833. The summed E-state index contributed by atoms with van der Waals surface area (Å²) in [7, 11) is 0. The van der Waals surface area contributed by atoms with Gasteiger partial charge in [-0.1, -0.05) is 0 Å². The van der Waals surface area contributed by atoms with E-state index in [9.17, 15) is 0 Å². The van der Waals surface area contributed by atoms with Crippen LogP contribution in [0.3, 0.4) is 0 Å².